The van der Waals surface area contributed by atoms with Crippen LogP contribution in [-0.2, 0) is 0 Å². The molecule has 0 aromatic heterocycles. The zero-order valence-corrected chi connectivity index (χ0v) is 7.60. The predicted octanol–water partition coefficient (Wildman–Crippen LogP) is 2.95. The van der Waals surface area contributed by atoms with Gasteiger partial charge in [-0.25, -0.2) is 0 Å². The van der Waals surface area contributed by atoms with Gasteiger partial charge in [0.15, 0.2) is 0 Å². The molecule has 0 radical (unpaired) electrons. The fourth-order valence-electron chi connectivity index (χ4n) is 1.05. The molecular formula is C8H6Cl2N2. The summed E-state index contributed by atoms with van der Waals surface area (Å²) >= 11 is 11.6. The molecule has 1 aromatic carbocycles. The fourth-order valence-corrected chi connectivity index (χ4v) is 1.36. The van der Waals surface area contributed by atoms with Crippen molar-refractivity contribution < 1.29 is 0 Å². The number of nitrogens with zero attached hydrogens (tertiary/aromatic N) is 1. The number of aliphatic imine (C=N–C) groups is 1. The molecule has 0 amide bonds. The van der Waals surface area contributed by atoms with Crippen molar-refractivity contribution in [3.8, 4) is 0 Å². The number of hydrogen-bond acceptors (Lipinski definition) is 2. The minimum absolute atomic E-state index is 0.852. The molecule has 12 heavy (non-hydrogen) atoms. The Bertz CT molecular complexity index is 334. The van der Waals surface area contributed by atoms with Crippen LogP contribution < -0.4 is 5.32 Å². The largest absolute Gasteiger partial charge is 0.348 e. The maximum absolute atomic E-state index is 5.80. The number of nitrogens with one attached hydrogen (secondary N) is 1. The summed E-state index contributed by atoms with van der Waals surface area (Å²) in [5.74, 6) is 0. The van der Waals surface area contributed by atoms with E-state index in [0.717, 1.165) is 11.4 Å². The summed E-state index contributed by atoms with van der Waals surface area (Å²) in [7, 11) is 0. The first-order valence-corrected chi connectivity index (χ1v) is 4.23. The minimum atomic E-state index is -1.08. The van der Waals surface area contributed by atoms with Crippen molar-refractivity contribution in [3.63, 3.8) is 0 Å². The van der Waals surface area contributed by atoms with Gasteiger partial charge in [0.05, 0.1) is 17.6 Å². The predicted molar refractivity (Wildman–Crippen MR) is 52.7 cm³/mol. The molecule has 0 atom stereocenters. The highest BCUT2D eigenvalue weighted by atomic mass is 35.5. The number of rotatable bonds is 0. The molecule has 0 saturated heterocycles. The van der Waals surface area contributed by atoms with Gasteiger partial charge < -0.3 is 5.32 Å². The Morgan fingerprint density at radius 3 is 2.83 bits per heavy atom. The lowest BCUT2D eigenvalue weighted by Gasteiger charge is -2.22. The van der Waals surface area contributed by atoms with Crippen LogP contribution in [0.15, 0.2) is 29.3 Å². The Hall–Kier alpha value is -0.730. The second kappa shape index (κ2) is 2.64. The van der Waals surface area contributed by atoms with Gasteiger partial charge in [0.25, 0.3) is 0 Å². The van der Waals surface area contributed by atoms with Crippen molar-refractivity contribution in [2.45, 2.75) is 4.46 Å². The van der Waals surface area contributed by atoms with Crippen molar-refractivity contribution in [1.82, 2.24) is 0 Å². The maximum atomic E-state index is 5.80. The summed E-state index contributed by atoms with van der Waals surface area (Å²) in [5, 5.41) is 2.92. The van der Waals surface area contributed by atoms with Crippen LogP contribution in [0.4, 0.5) is 11.4 Å². The molecule has 0 unspecified atom stereocenters. The lowest BCUT2D eigenvalue weighted by Crippen LogP contribution is -2.28. The van der Waals surface area contributed by atoms with Gasteiger partial charge in [0.1, 0.15) is 0 Å². The normalized spacial score (nSPS) is 18.2. The van der Waals surface area contributed by atoms with Crippen LogP contribution in [0.5, 0.6) is 0 Å². The van der Waals surface area contributed by atoms with Gasteiger partial charge >= 0.3 is 0 Å². The van der Waals surface area contributed by atoms with Gasteiger partial charge in [-0.3, -0.25) is 4.99 Å². The van der Waals surface area contributed by atoms with Gasteiger partial charge in [0.2, 0.25) is 4.46 Å². The van der Waals surface area contributed by atoms with Crippen LogP contribution in [0.25, 0.3) is 0 Å². The van der Waals surface area contributed by atoms with E-state index in [1.807, 2.05) is 24.3 Å². The molecule has 1 aliphatic rings. The third kappa shape index (κ3) is 1.40. The van der Waals surface area contributed by atoms with Crippen molar-refractivity contribution in [3.05, 3.63) is 24.3 Å². The van der Waals surface area contributed by atoms with E-state index >= 15 is 0 Å². The molecule has 0 fully saturated rings. The van der Waals surface area contributed by atoms with Crippen LogP contribution in [-0.4, -0.2) is 10.7 Å². The van der Waals surface area contributed by atoms with E-state index in [-0.39, 0.29) is 0 Å². The number of halogens is 2. The average Bonchev–Trinajstić information content (AvgIpc) is 2.02. The summed E-state index contributed by atoms with van der Waals surface area (Å²) in [4.78, 5) is 4.09. The standard InChI is InChI=1S/C8H6Cl2N2/c9-8(10)5-11-6-3-1-2-4-7(6)12-8/h1-5,12H. The third-order valence-corrected chi connectivity index (χ3v) is 1.96. The molecule has 0 bridgehead atoms. The molecule has 0 spiro atoms. The van der Waals surface area contributed by atoms with Crippen molar-refractivity contribution in [2.75, 3.05) is 5.32 Å². The monoisotopic (exact) mass is 200 g/mol. The summed E-state index contributed by atoms with van der Waals surface area (Å²) < 4.78 is -1.08. The molecule has 1 N–H and O–H groups in total. The number of benzene rings is 1. The van der Waals surface area contributed by atoms with Gasteiger partial charge in [-0.15, -0.1) is 0 Å². The zero-order valence-electron chi connectivity index (χ0n) is 6.09. The second-order valence-corrected chi connectivity index (χ2v) is 3.91. The molecular weight excluding hydrogens is 195 g/mol. The molecule has 2 rings (SSSR count). The Morgan fingerprint density at radius 2 is 2.00 bits per heavy atom. The quantitative estimate of drug-likeness (QED) is 0.506. The molecule has 1 aliphatic heterocycles. The second-order valence-electron chi connectivity index (χ2n) is 2.52. The van der Waals surface area contributed by atoms with E-state index in [9.17, 15) is 0 Å². The molecule has 2 nitrogen and oxygen atoms in total. The molecule has 1 heterocycles. The van der Waals surface area contributed by atoms with E-state index in [4.69, 9.17) is 23.2 Å². The van der Waals surface area contributed by atoms with E-state index in [1.165, 1.54) is 6.21 Å². The molecule has 62 valence electrons. The maximum Gasteiger partial charge on any atom is 0.224 e. The van der Waals surface area contributed by atoms with E-state index < -0.39 is 4.46 Å². The van der Waals surface area contributed by atoms with Crippen LogP contribution in [0.2, 0.25) is 0 Å². The minimum Gasteiger partial charge on any atom is -0.348 e. The Balaban J connectivity index is 2.46. The van der Waals surface area contributed by atoms with Crippen molar-refractivity contribution >= 4 is 40.8 Å². The van der Waals surface area contributed by atoms with Crippen LogP contribution >= 0.6 is 23.2 Å². The highest BCUT2D eigenvalue weighted by molar-refractivity contribution is 6.57. The fraction of sp³-hybridized carbons (Fsp3) is 0.125. The first kappa shape index (κ1) is 7.90. The lowest BCUT2D eigenvalue weighted by molar-refractivity contribution is 1.18. The van der Waals surface area contributed by atoms with E-state index in [1.54, 1.807) is 0 Å². The van der Waals surface area contributed by atoms with E-state index in [0.29, 0.717) is 0 Å². The van der Waals surface area contributed by atoms with Gasteiger partial charge in [-0.1, -0.05) is 35.3 Å². The Kier molecular flexibility index (Phi) is 1.74. The first-order valence-electron chi connectivity index (χ1n) is 3.48. The van der Waals surface area contributed by atoms with Gasteiger partial charge in [-0.05, 0) is 12.1 Å². The van der Waals surface area contributed by atoms with Gasteiger partial charge in [-0.2, -0.15) is 0 Å². The summed E-state index contributed by atoms with van der Waals surface area (Å²) in [6, 6.07) is 7.58. The molecule has 4 heteroatoms. The number of anilines is 1. The number of fused-ring (bicyclic) bond motifs is 1. The summed E-state index contributed by atoms with van der Waals surface area (Å²) in [6.07, 6.45) is 1.47. The number of para-hydroxylation sites is 2. The first-order chi connectivity index (χ1) is 5.67. The Morgan fingerprint density at radius 1 is 1.25 bits per heavy atom. The average molecular weight is 201 g/mol. The van der Waals surface area contributed by atoms with Crippen LogP contribution in [0.3, 0.4) is 0 Å². The number of hydrogen-bond donors (Lipinski definition) is 1. The van der Waals surface area contributed by atoms with Crippen molar-refractivity contribution in [2.24, 2.45) is 4.99 Å². The lowest BCUT2D eigenvalue weighted by atomic mass is 10.2. The topological polar surface area (TPSA) is 24.4 Å². The SMILES string of the molecule is ClC1(Cl)C=Nc2ccccc2N1. The molecule has 0 saturated carbocycles. The van der Waals surface area contributed by atoms with Crippen molar-refractivity contribution in [1.29, 1.82) is 0 Å². The van der Waals surface area contributed by atoms with Crippen LogP contribution in [0.1, 0.15) is 0 Å². The van der Waals surface area contributed by atoms with Gasteiger partial charge in [0, 0.05) is 0 Å². The smallest absolute Gasteiger partial charge is 0.224 e. The molecule has 0 aliphatic carbocycles. The van der Waals surface area contributed by atoms with E-state index in [2.05, 4.69) is 10.3 Å². The third-order valence-electron chi connectivity index (χ3n) is 1.57. The highest BCUT2D eigenvalue weighted by Crippen LogP contribution is 2.34. The highest BCUT2D eigenvalue weighted by Gasteiger charge is 2.24. The summed E-state index contributed by atoms with van der Waals surface area (Å²) in [6.45, 7) is 0. The molecule has 1 aromatic rings. The number of alkyl halides is 2. The van der Waals surface area contributed by atoms with Crippen LogP contribution in [0, 0.1) is 0 Å². The zero-order chi connectivity index (χ0) is 8.60. The Labute approximate surface area is 80.2 Å². The summed E-state index contributed by atoms with van der Waals surface area (Å²) in [5.41, 5.74) is 1.71.